The zero-order chi connectivity index (χ0) is 12.4. The number of nitrogens with two attached hydrogens (primary N) is 1. The summed E-state index contributed by atoms with van der Waals surface area (Å²) in [5.41, 5.74) is 10.6. The van der Waals surface area contributed by atoms with Gasteiger partial charge in [-0.3, -0.25) is 0 Å². The monoisotopic (exact) mass is 229 g/mol. The number of hydrogen-bond acceptors (Lipinski definition) is 1. The molecule has 0 atom stereocenters. The number of benzene rings is 2. The molecular weight excluding hydrogens is 213 g/mol. The lowest BCUT2D eigenvalue weighted by atomic mass is 9.97. The Bertz CT molecular complexity index is 547. The Morgan fingerprint density at radius 3 is 2.47 bits per heavy atom. The first-order valence-electron chi connectivity index (χ1n) is 5.67. The van der Waals surface area contributed by atoms with Gasteiger partial charge in [0.2, 0.25) is 0 Å². The average Bonchev–Trinajstić information content (AvgIpc) is 2.28. The van der Waals surface area contributed by atoms with E-state index in [1.165, 1.54) is 6.07 Å². The molecule has 88 valence electrons. The molecule has 17 heavy (non-hydrogen) atoms. The van der Waals surface area contributed by atoms with E-state index in [9.17, 15) is 4.39 Å². The van der Waals surface area contributed by atoms with Crippen molar-refractivity contribution in [2.24, 2.45) is 0 Å². The summed E-state index contributed by atoms with van der Waals surface area (Å²) in [6.07, 6.45) is 0.588. The second-order valence-electron chi connectivity index (χ2n) is 4.41. The van der Waals surface area contributed by atoms with E-state index in [4.69, 9.17) is 5.73 Å². The summed E-state index contributed by atoms with van der Waals surface area (Å²) in [5.74, 6) is -0.160. The van der Waals surface area contributed by atoms with Crippen molar-refractivity contribution in [2.45, 2.75) is 20.3 Å². The minimum atomic E-state index is -0.160. The van der Waals surface area contributed by atoms with Gasteiger partial charge < -0.3 is 5.73 Å². The van der Waals surface area contributed by atoms with Crippen LogP contribution < -0.4 is 5.73 Å². The highest BCUT2D eigenvalue weighted by atomic mass is 19.1. The first-order valence-corrected chi connectivity index (χ1v) is 5.67. The number of anilines is 1. The van der Waals surface area contributed by atoms with Crippen LogP contribution in [-0.2, 0) is 6.42 Å². The number of hydrogen-bond donors (Lipinski definition) is 1. The zero-order valence-electron chi connectivity index (χ0n) is 10.1. The van der Waals surface area contributed by atoms with Crippen LogP contribution in [0.5, 0.6) is 0 Å². The lowest BCUT2D eigenvalue weighted by Gasteiger charge is -2.11. The molecule has 0 aliphatic rings. The van der Waals surface area contributed by atoms with Gasteiger partial charge in [0.15, 0.2) is 0 Å². The van der Waals surface area contributed by atoms with Crippen molar-refractivity contribution in [3.8, 4) is 0 Å². The number of aryl methyl sites for hydroxylation is 1. The maximum absolute atomic E-state index is 13.6. The third-order valence-corrected chi connectivity index (χ3v) is 3.04. The van der Waals surface area contributed by atoms with E-state index in [0.29, 0.717) is 12.0 Å². The smallest absolute Gasteiger partial charge is 0.126 e. The third-order valence-electron chi connectivity index (χ3n) is 3.04. The fraction of sp³-hybridized carbons (Fsp3) is 0.200. The van der Waals surface area contributed by atoms with Crippen molar-refractivity contribution in [1.82, 2.24) is 0 Å². The van der Waals surface area contributed by atoms with Crippen LogP contribution in [0.2, 0.25) is 0 Å². The van der Waals surface area contributed by atoms with Gasteiger partial charge in [-0.1, -0.05) is 24.3 Å². The normalized spacial score (nSPS) is 10.5. The first-order chi connectivity index (χ1) is 8.08. The molecule has 0 fully saturated rings. The molecule has 0 aromatic heterocycles. The van der Waals surface area contributed by atoms with Crippen molar-refractivity contribution in [1.29, 1.82) is 0 Å². The standard InChI is InChI=1S/C15H16FN/c1-10-7-13(11(2)15(17)8-10)9-12-5-3-4-6-14(12)16/h3-8H,9,17H2,1-2H3. The Morgan fingerprint density at radius 2 is 1.76 bits per heavy atom. The average molecular weight is 229 g/mol. The summed E-state index contributed by atoms with van der Waals surface area (Å²) in [5, 5.41) is 0. The van der Waals surface area contributed by atoms with Gasteiger partial charge in [-0.2, -0.15) is 0 Å². The highest BCUT2D eigenvalue weighted by molar-refractivity contribution is 5.53. The molecule has 2 aromatic carbocycles. The van der Waals surface area contributed by atoms with Crippen molar-refractivity contribution in [3.05, 3.63) is 64.5 Å². The molecule has 0 amide bonds. The van der Waals surface area contributed by atoms with Crippen molar-refractivity contribution < 1.29 is 4.39 Å². The minimum Gasteiger partial charge on any atom is -0.398 e. The van der Waals surface area contributed by atoms with E-state index < -0.39 is 0 Å². The molecule has 0 saturated heterocycles. The Kier molecular flexibility index (Phi) is 3.14. The van der Waals surface area contributed by atoms with Gasteiger partial charge in [0, 0.05) is 12.1 Å². The van der Waals surface area contributed by atoms with Gasteiger partial charge in [0.1, 0.15) is 5.82 Å². The molecule has 0 aliphatic carbocycles. The summed E-state index contributed by atoms with van der Waals surface area (Å²) >= 11 is 0. The summed E-state index contributed by atoms with van der Waals surface area (Å²) in [7, 11) is 0. The molecule has 0 unspecified atom stereocenters. The topological polar surface area (TPSA) is 26.0 Å². The molecule has 2 aromatic rings. The summed E-state index contributed by atoms with van der Waals surface area (Å²) in [6, 6.07) is 10.9. The van der Waals surface area contributed by atoms with E-state index in [1.807, 2.05) is 32.0 Å². The Labute approximate surface area is 101 Å². The molecular formula is C15H16FN. The summed E-state index contributed by atoms with van der Waals surface area (Å²) in [6.45, 7) is 3.98. The molecule has 0 spiro atoms. The van der Waals surface area contributed by atoms with Crippen LogP contribution in [0.4, 0.5) is 10.1 Å². The van der Waals surface area contributed by atoms with E-state index in [0.717, 1.165) is 22.4 Å². The van der Waals surface area contributed by atoms with Crippen LogP contribution in [-0.4, -0.2) is 0 Å². The van der Waals surface area contributed by atoms with Gasteiger partial charge in [0.25, 0.3) is 0 Å². The molecule has 0 bridgehead atoms. The molecule has 0 aliphatic heterocycles. The highest BCUT2D eigenvalue weighted by Gasteiger charge is 2.07. The van der Waals surface area contributed by atoms with E-state index in [2.05, 4.69) is 6.07 Å². The van der Waals surface area contributed by atoms with Crippen LogP contribution in [0, 0.1) is 19.7 Å². The van der Waals surface area contributed by atoms with Crippen molar-refractivity contribution in [3.63, 3.8) is 0 Å². The molecule has 0 saturated carbocycles. The number of rotatable bonds is 2. The maximum Gasteiger partial charge on any atom is 0.126 e. The van der Waals surface area contributed by atoms with Gasteiger partial charge in [-0.15, -0.1) is 0 Å². The van der Waals surface area contributed by atoms with Crippen molar-refractivity contribution in [2.75, 3.05) is 5.73 Å². The lowest BCUT2D eigenvalue weighted by molar-refractivity contribution is 0.614. The number of halogens is 1. The first kappa shape index (κ1) is 11.6. The largest absolute Gasteiger partial charge is 0.398 e. The van der Waals surface area contributed by atoms with E-state index >= 15 is 0 Å². The lowest BCUT2D eigenvalue weighted by Crippen LogP contribution is -1.99. The summed E-state index contributed by atoms with van der Waals surface area (Å²) in [4.78, 5) is 0. The highest BCUT2D eigenvalue weighted by Crippen LogP contribution is 2.22. The van der Waals surface area contributed by atoms with E-state index in [-0.39, 0.29) is 5.82 Å². The molecule has 2 heteroatoms. The van der Waals surface area contributed by atoms with Gasteiger partial charge in [-0.25, -0.2) is 4.39 Å². The predicted octanol–water partition coefficient (Wildman–Crippen LogP) is 3.62. The SMILES string of the molecule is Cc1cc(N)c(C)c(Cc2ccccc2F)c1. The van der Waals surface area contributed by atoms with Crippen molar-refractivity contribution >= 4 is 5.69 Å². The molecule has 2 N–H and O–H groups in total. The quantitative estimate of drug-likeness (QED) is 0.782. The summed E-state index contributed by atoms with van der Waals surface area (Å²) < 4.78 is 13.6. The predicted molar refractivity (Wildman–Crippen MR) is 69.5 cm³/mol. The van der Waals surface area contributed by atoms with E-state index in [1.54, 1.807) is 6.07 Å². The maximum atomic E-state index is 13.6. The van der Waals surface area contributed by atoms with Crippen LogP contribution in [0.25, 0.3) is 0 Å². The fourth-order valence-electron chi connectivity index (χ4n) is 1.99. The third kappa shape index (κ3) is 2.47. The fourth-order valence-corrected chi connectivity index (χ4v) is 1.99. The molecule has 2 rings (SSSR count). The second-order valence-corrected chi connectivity index (χ2v) is 4.41. The van der Waals surface area contributed by atoms with Crippen LogP contribution in [0.3, 0.4) is 0 Å². The molecule has 0 heterocycles. The second kappa shape index (κ2) is 4.58. The van der Waals surface area contributed by atoms with Gasteiger partial charge in [0.05, 0.1) is 0 Å². The van der Waals surface area contributed by atoms with Crippen LogP contribution >= 0.6 is 0 Å². The van der Waals surface area contributed by atoms with Gasteiger partial charge in [-0.05, 0) is 48.2 Å². The molecule has 0 radical (unpaired) electrons. The molecule has 1 nitrogen and oxygen atoms in total. The van der Waals surface area contributed by atoms with Crippen LogP contribution in [0.1, 0.15) is 22.3 Å². The zero-order valence-corrected chi connectivity index (χ0v) is 10.1. The Morgan fingerprint density at radius 1 is 1.06 bits per heavy atom. The Hall–Kier alpha value is -1.83. The minimum absolute atomic E-state index is 0.160. The van der Waals surface area contributed by atoms with Crippen LogP contribution in [0.15, 0.2) is 36.4 Å². The Balaban J connectivity index is 2.40. The number of nitrogen functional groups attached to an aromatic ring is 1. The van der Waals surface area contributed by atoms with Gasteiger partial charge >= 0.3 is 0 Å².